The number of rotatable bonds is 4. The number of fused-ring (bicyclic) bond motifs is 6. The molecule has 0 fully saturated rings. The lowest BCUT2D eigenvalue weighted by Gasteiger charge is -2.12. The molecule has 4 nitrogen and oxygen atoms in total. The molecule has 210 valence electrons. The van der Waals surface area contributed by atoms with Crippen LogP contribution in [-0.2, 0) is 0 Å². The van der Waals surface area contributed by atoms with Gasteiger partial charge in [-0.15, -0.1) is 11.3 Å². The first-order valence-electron chi connectivity index (χ1n) is 14.9. The Balaban J connectivity index is 1.31. The number of nitrogens with zero attached hydrogens (tertiary/aromatic N) is 4. The Kier molecular flexibility index (Phi) is 5.96. The van der Waals surface area contributed by atoms with Crippen molar-refractivity contribution >= 4 is 53.2 Å². The molecule has 3 heterocycles. The van der Waals surface area contributed by atoms with Crippen molar-refractivity contribution in [3.8, 4) is 45.3 Å². The summed E-state index contributed by atoms with van der Waals surface area (Å²) in [5.74, 6) is 1.97. The largest absolute Gasteiger partial charge is 0.256 e. The van der Waals surface area contributed by atoms with Gasteiger partial charge in [0, 0.05) is 53.8 Å². The van der Waals surface area contributed by atoms with Crippen LogP contribution < -0.4 is 0 Å². The highest BCUT2D eigenvalue weighted by atomic mass is 32.1. The molecule has 0 radical (unpaired) electrons. The van der Waals surface area contributed by atoms with Crippen LogP contribution >= 0.6 is 11.3 Å². The van der Waals surface area contributed by atoms with Crippen LogP contribution in [0.15, 0.2) is 146 Å². The maximum atomic E-state index is 5.11. The average molecular weight is 593 g/mol. The lowest BCUT2D eigenvalue weighted by Crippen LogP contribution is -2.00. The molecule has 45 heavy (non-hydrogen) atoms. The highest BCUT2D eigenvalue weighted by Gasteiger charge is 2.18. The summed E-state index contributed by atoms with van der Waals surface area (Å²) >= 11 is 1.78. The lowest BCUT2D eigenvalue weighted by atomic mass is 9.97. The molecule has 9 rings (SSSR count). The first kappa shape index (κ1) is 25.7. The van der Waals surface area contributed by atoms with Crippen molar-refractivity contribution < 1.29 is 0 Å². The second-order valence-corrected chi connectivity index (χ2v) is 12.2. The van der Waals surface area contributed by atoms with Crippen LogP contribution in [-0.4, -0.2) is 19.9 Å². The Morgan fingerprint density at radius 1 is 0.422 bits per heavy atom. The molecule has 0 atom stereocenters. The zero-order chi connectivity index (χ0) is 29.7. The van der Waals surface area contributed by atoms with Gasteiger partial charge in [0.05, 0.1) is 5.52 Å². The summed E-state index contributed by atoms with van der Waals surface area (Å²) in [6.45, 7) is 0. The van der Waals surface area contributed by atoms with E-state index in [0.717, 1.165) is 48.8 Å². The Labute approximate surface area is 263 Å². The van der Waals surface area contributed by atoms with Crippen LogP contribution in [0.1, 0.15) is 0 Å². The molecule has 0 aliphatic rings. The highest BCUT2D eigenvalue weighted by molar-refractivity contribution is 7.26. The maximum absolute atomic E-state index is 5.11. The third-order valence-corrected chi connectivity index (χ3v) is 9.56. The minimum Gasteiger partial charge on any atom is -0.256 e. The zero-order valence-electron chi connectivity index (χ0n) is 24.1. The molecule has 0 saturated carbocycles. The lowest BCUT2D eigenvalue weighted by molar-refractivity contribution is 1.08. The predicted octanol–water partition coefficient (Wildman–Crippen LogP) is 10.6. The van der Waals surface area contributed by atoms with E-state index in [1.807, 2.05) is 66.9 Å². The molecular weight excluding hydrogens is 569 g/mol. The predicted molar refractivity (Wildman–Crippen MR) is 187 cm³/mol. The van der Waals surface area contributed by atoms with Gasteiger partial charge in [-0.25, -0.2) is 15.0 Å². The van der Waals surface area contributed by atoms with E-state index in [1.54, 1.807) is 11.3 Å². The smallest absolute Gasteiger partial charge is 0.165 e. The van der Waals surface area contributed by atoms with Gasteiger partial charge in [0.2, 0.25) is 0 Å². The Bertz CT molecular complexity index is 2480. The second kappa shape index (κ2) is 10.4. The number of pyridine rings is 1. The topological polar surface area (TPSA) is 51.6 Å². The molecule has 0 bridgehead atoms. The summed E-state index contributed by atoms with van der Waals surface area (Å²) in [7, 11) is 0. The number of benzene rings is 6. The van der Waals surface area contributed by atoms with Crippen molar-refractivity contribution in [2.75, 3.05) is 0 Å². The summed E-state index contributed by atoms with van der Waals surface area (Å²) in [4.78, 5) is 20.0. The minimum atomic E-state index is 0.654. The van der Waals surface area contributed by atoms with Crippen LogP contribution in [0.4, 0.5) is 0 Å². The number of thiophene rings is 1. The first-order valence-corrected chi connectivity index (χ1v) is 15.7. The summed E-state index contributed by atoms with van der Waals surface area (Å²) in [6.07, 6.45) is 1.96. The summed E-state index contributed by atoms with van der Waals surface area (Å²) < 4.78 is 2.40. The summed E-state index contributed by atoms with van der Waals surface area (Å²) in [5.41, 5.74) is 6.07. The molecule has 0 unspecified atom stereocenters. The molecule has 6 aromatic carbocycles. The van der Waals surface area contributed by atoms with Crippen molar-refractivity contribution in [1.82, 2.24) is 19.9 Å². The van der Waals surface area contributed by atoms with Gasteiger partial charge in [0.1, 0.15) is 0 Å². The summed E-state index contributed by atoms with van der Waals surface area (Å²) in [6, 6.07) is 48.4. The molecule has 0 amide bonds. The van der Waals surface area contributed by atoms with Crippen molar-refractivity contribution in [3.63, 3.8) is 0 Å². The van der Waals surface area contributed by atoms with Crippen LogP contribution in [0.3, 0.4) is 0 Å². The standard InChI is InChI=1S/C40H24N4S/c1-3-11-25(12-4-1)38-42-39(26-13-5-2-6-14-26)44-40(43-38)34-22-29(21-33-32-17-9-10-18-36(32)45-37(33)34)27-19-20-31-30-16-8-7-15-28(30)24-41-35(31)23-27/h1-24H. The molecule has 0 aliphatic heterocycles. The van der Waals surface area contributed by atoms with Crippen LogP contribution in [0.5, 0.6) is 0 Å². The number of aromatic nitrogens is 4. The van der Waals surface area contributed by atoms with E-state index >= 15 is 0 Å². The van der Waals surface area contributed by atoms with E-state index in [0.29, 0.717) is 17.5 Å². The molecule has 0 saturated heterocycles. The van der Waals surface area contributed by atoms with Crippen molar-refractivity contribution in [2.24, 2.45) is 0 Å². The van der Waals surface area contributed by atoms with E-state index in [4.69, 9.17) is 19.9 Å². The van der Waals surface area contributed by atoms with Crippen LogP contribution in [0.25, 0.3) is 87.1 Å². The molecular formula is C40H24N4S. The minimum absolute atomic E-state index is 0.654. The van der Waals surface area contributed by atoms with E-state index in [2.05, 4.69) is 78.9 Å². The van der Waals surface area contributed by atoms with Crippen molar-refractivity contribution in [1.29, 1.82) is 0 Å². The molecule has 5 heteroatoms. The van der Waals surface area contributed by atoms with E-state index < -0.39 is 0 Å². The Morgan fingerprint density at radius 2 is 1.07 bits per heavy atom. The van der Waals surface area contributed by atoms with E-state index in [9.17, 15) is 0 Å². The number of hydrogen-bond donors (Lipinski definition) is 0. The molecule has 0 spiro atoms. The Hall–Kier alpha value is -5.78. The zero-order valence-corrected chi connectivity index (χ0v) is 24.9. The van der Waals surface area contributed by atoms with Gasteiger partial charge in [-0.3, -0.25) is 4.98 Å². The van der Waals surface area contributed by atoms with Gasteiger partial charge in [-0.05, 0) is 40.8 Å². The monoisotopic (exact) mass is 592 g/mol. The molecule has 9 aromatic rings. The molecule has 0 aliphatic carbocycles. The quantitative estimate of drug-likeness (QED) is 0.191. The van der Waals surface area contributed by atoms with Gasteiger partial charge in [-0.2, -0.15) is 0 Å². The average Bonchev–Trinajstić information content (AvgIpc) is 3.50. The fourth-order valence-corrected chi connectivity index (χ4v) is 7.32. The highest BCUT2D eigenvalue weighted by Crippen LogP contribution is 2.43. The van der Waals surface area contributed by atoms with Gasteiger partial charge in [-0.1, -0.05) is 115 Å². The third kappa shape index (κ3) is 4.44. The third-order valence-electron chi connectivity index (χ3n) is 8.34. The SMILES string of the molecule is c1ccc(-c2nc(-c3ccccc3)nc(-c3cc(-c4ccc5c(c4)ncc4ccccc45)cc4c3sc3ccccc34)n2)cc1. The fourth-order valence-electron chi connectivity index (χ4n) is 6.13. The van der Waals surface area contributed by atoms with Crippen molar-refractivity contribution in [2.45, 2.75) is 0 Å². The summed E-state index contributed by atoms with van der Waals surface area (Å²) in [5, 5.41) is 5.92. The van der Waals surface area contributed by atoms with Gasteiger partial charge in [0.15, 0.2) is 17.5 Å². The fraction of sp³-hybridized carbons (Fsp3) is 0. The van der Waals surface area contributed by atoms with E-state index in [1.165, 1.54) is 20.9 Å². The Morgan fingerprint density at radius 3 is 1.82 bits per heavy atom. The van der Waals surface area contributed by atoms with E-state index in [-0.39, 0.29) is 0 Å². The van der Waals surface area contributed by atoms with Gasteiger partial charge < -0.3 is 0 Å². The second-order valence-electron chi connectivity index (χ2n) is 11.1. The molecule has 3 aromatic heterocycles. The van der Waals surface area contributed by atoms with Crippen LogP contribution in [0.2, 0.25) is 0 Å². The van der Waals surface area contributed by atoms with Gasteiger partial charge in [0.25, 0.3) is 0 Å². The first-order chi connectivity index (χ1) is 22.3. The molecule has 0 N–H and O–H groups in total. The normalized spacial score (nSPS) is 11.6. The number of hydrogen-bond acceptors (Lipinski definition) is 5. The maximum Gasteiger partial charge on any atom is 0.165 e. The van der Waals surface area contributed by atoms with Crippen LogP contribution in [0, 0.1) is 0 Å². The van der Waals surface area contributed by atoms with Crippen molar-refractivity contribution in [3.05, 3.63) is 146 Å². The van der Waals surface area contributed by atoms with Gasteiger partial charge >= 0.3 is 0 Å².